The van der Waals surface area contributed by atoms with E-state index in [9.17, 15) is 0 Å². The molecule has 1 aromatic heterocycles. The summed E-state index contributed by atoms with van der Waals surface area (Å²) in [6.45, 7) is 2.89. The van der Waals surface area contributed by atoms with Gasteiger partial charge in [0.25, 0.3) is 0 Å². The predicted molar refractivity (Wildman–Crippen MR) is 55.5 cm³/mol. The first-order valence-corrected chi connectivity index (χ1v) is 5.28. The van der Waals surface area contributed by atoms with Crippen molar-refractivity contribution in [2.75, 3.05) is 20.3 Å². The number of furan rings is 1. The van der Waals surface area contributed by atoms with Gasteiger partial charge in [-0.2, -0.15) is 0 Å². The maximum atomic E-state index is 5.64. The Bertz CT molecular complexity index is 292. The molecule has 2 rings (SSSR count). The molecule has 0 spiro atoms. The van der Waals surface area contributed by atoms with Gasteiger partial charge < -0.3 is 19.2 Å². The van der Waals surface area contributed by atoms with E-state index in [1.54, 1.807) is 6.26 Å². The fraction of sp³-hybridized carbons (Fsp3) is 0.636. The minimum Gasteiger partial charge on any atom is -0.467 e. The van der Waals surface area contributed by atoms with Gasteiger partial charge in [-0.15, -0.1) is 0 Å². The molecule has 1 aliphatic rings. The van der Waals surface area contributed by atoms with Crippen LogP contribution >= 0.6 is 0 Å². The summed E-state index contributed by atoms with van der Waals surface area (Å²) in [5, 5.41) is 3.07. The molecule has 0 amide bonds. The molecule has 1 unspecified atom stereocenters. The van der Waals surface area contributed by atoms with Gasteiger partial charge >= 0.3 is 0 Å². The Morgan fingerprint density at radius 3 is 3.27 bits per heavy atom. The first kappa shape index (κ1) is 10.7. The first-order valence-electron chi connectivity index (χ1n) is 5.28. The normalized spacial score (nSPS) is 21.0. The molecule has 0 radical (unpaired) electrons. The van der Waals surface area contributed by atoms with Crippen LogP contribution in [0.5, 0.6) is 0 Å². The van der Waals surface area contributed by atoms with Crippen LogP contribution in [-0.2, 0) is 22.6 Å². The number of hydrogen-bond donors (Lipinski definition) is 1. The Morgan fingerprint density at radius 1 is 1.60 bits per heavy atom. The van der Waals surface area contributed by atoms with E-state index < -0.39 is 0 Å². The summed E-state index contributed by atoms with van der Waals surface area (Å²) in [6, 6.07) is 2.02. The second-order valence-corrected chi connectivity index (χ2v) is 3.75. The highest BCUT2D eigenvalue weighted by Gasteiger charge is 2.16. The molecular weight excluding hydrogens is 194 g/mol. The third-order valence-electron chi connectivity index (χ3n) is 2.44. The monoisotopic (exact) mass is 211 g/mol. The van der Waals surface area contributed by atoms with Crippen molar-refractivity contribution in [2.45, 2.75) is 25.7 Å². The largest absolute Gasteiger partial charge is 0.467 e. The van der Waals surface area contributed by atoms with Crippen molar-refractivity contribution in [3.05, 3.63) is 23.7 Å². The summed E-state index contributed by atoms with van der Waals surface area (Å²) in [5.74, 6) is 0.882. The highest BCUT2D eigenvalue weighted by atomic mass is 16.5. The van der Waals surface area contributed by atoms with Gasteiger partial charge in [0.15, 0.2) is 0 Å². The smallest absolute Gasteiger partial charge is 0.129 e. The lowest BCUT2D eigenvalue weighted by Gasteiger charge is -2.07. The number of ether oxygens (including phenoxy) is 2. The van der Waals surface area contributed by atoms with Crippen molar-refractivity contribution in [1.29, 1.82) is 0 Å². The molecule has 4 heteroatoms. The Morgan fingerprint density at radius 2 is 2.53 bits per heavy atom. The van der Waals surface area contributed by atoms with Gasteiger partial charge in [-0.25, -0.2) is 0 Å². The van der Waals surface area contributed by atoms with E-state index >= 15 is 0 Å². The number of hydrogen-bond acceptors (Lipinski definition) is 4. The van der Waals surface area contributed by atoms with Gasteiger partial charge in [0.2, 0.25) is 0 Å². The fourth-order valence-corrected chi connectivity index (χ4v) is 1.64. The summed E-state index contributed by atoms with van der Waals surface area (Å²) in [5.41, 5.74) is 1.15. The van der Waals surface area contributed by atoms with E-state index in [2.05, 4.69) is 5.32 Å². The average Bonchev–Trinajstić information content (AvgIpc) is 2.85. The highest BCUT2D eigenvalue weighted by molar-refractivity contribution is 5.11. The van der Waals surface area contributed by atoms with Crippen LogP contribution < -0.4 is 5.32 Å². The van der Waals surface area contributed by atoms with Crippen LogP contribution in [0.25, 0.3) is 0 Å². The molecule has 1 aliphatic heterocycles. The zero-order valence-corrected chi connectivity index (χ0v) is 8.99. The lowest BCUT2D eigenvalue weighted by atomic mass is 10.3. The maximum absolute atomic E-state index is 5.64. The van der Waals surface area contributed by atoms with Crippen molar-refractivity contribution in [3.8, 4) is 0 Å². The lowest BCUT2D eigenvalue weighted by Crippen LogP contribution is -2.11. The fourth-order valence-electron chi connectivity index (χ4n) is 1.64. The van der Waals surface area contributed by atoms with E-state index in [1.807, 2.05) is 13.1 Å². The second kappa shape index (κ2) is 5.30. The van der Waals surface area contributed by atoms with Crippen LogP contribution in [-0.4, -0.2) is 26.4 Å². The van der Waals surface area contributed by atoms with Crippen LogP contribution in [0.2, 0.25) is 0 Å². The molecule has 1 fully saturated rings. The van der Waals surface area contributed by atoms with E-state index in [0.29, 0.717) is 13.2 Å². The Kier molecular flexibility index (Phi) is 3.77. The minimum absolute atomic E-state index is 0.239. The highest BCUT2D eigenvalue weighted by Crippen LogP contribution is 2.13. The Labute approximate surface area is 89.6 Å². The van der Waals surface area contributed by atoms with E-state index in [-0.39, 0.29) is 6.10 Å². The third kappa shape index (κ3) is 3.06. The topological polar surface area (TPSA) is 43.6 Å². The zero-order valence-electron chi connectivity index (χ0n) is 8.99. The SMILES string of the molecule is CNCc1coc(COC2CCOC2)c1. The minimum atomic E-state index is 0.239. The van der Waals surface area contributed by atoms with E-state index in [0.717, 1.165) is 30.9 Å². The lowest BCUT2D eigenvalue weighted by molar-refractivity contribution is 0.0235. The van der Waals surface area contributed by atoms with Crippen molar-refractivity contribution >= 4 is 0 Å². The molecule has 1 saturated heterocycles. The molecule has 15 heavy (non-hydrogen) atoms. The average molecular weight is 211 g/mol. The molecule has 2 heterocycles. The van der Waals surface area contributed by atoms with Crippen molar-refractivity contribution in [1.82, 2.24) is 5.32 Å². The Balaban J connectivity index is 1.77. The van der Waals surface area contributed by atoms with Gasteiger partial charge in [0.05, 0.1) is 19.0 Å². The molecule has 84 valence electrons. The van der Waals surface area contributed by atoms with Crippen molar-refractivity contribution in [3.63, 3.8) is 0 Å². The molecule has 1 atom stereocenters. The molecule has 0 saturated carbocycles. The van der Waals surface area contributed by atoms with Crippen molar-refractivity contribution in [2.24, 2.45) is 0 Å². The predicted octanol–water partition coefficient (Wildman–Crippen LogP) is 1.30. The zero-order chi connectivity index (χ0) is 10.5. The van der Waals surface area contributed by atoms with Crippen LogP contribution in [0, 0.1) is 0 Å². The van der Waals surface area contributed by atoms with Crippen molar-refractivity contribution < 1.29 is 13.9 Å². The quantitative estimate of drug-likeness (QED) is 0.797. The number of nitrogens with one attached hydrogen (secondary N) is 1. The molecule has 0 bridgehead atoms. The molecule has 0 aromatic carbocycles. The van der Waals surface area contributed by atoms with Crippen LogP contribution in [0.3, 0.4) is 0 Å². The molecule has 1 N–H and O–H groups in total. The van der Waals surface area contributed by atoms with Gasteiger partial charge in [0, 0.05) is 18.7 Å². The van der Waals surface area contributed by atoms with Gasteiger partial charge in [-0.05, 0) is 19.5 Å². The molecule has 0 aliphatic carbocycles. The Hall–Kier alpha value is -0.840. The molecular formula is C11H17NO3. The first-order chi connectivity index (χ1) is 7.38. The standard InChI is InChI=1S/C11H17NO3/c1-12-5-9-4-11(14-6-9)8-15-10-2-3-13-7-10/h4,6,10,12H,2-3,5,7-8H2,1H3. The summed E-state index contributed by atoms with van der Waals surface area (Å²) in [4.78, 5) is 0. The number of rotatable bonds is 5. The van der Waals surface area contributed by atoms with E-state index in [1.165, 1.54) is 0 Å². The summed E-state index contributed by atoms with van der Waals surface area (Å²) < 4.78 is 16.2. The second-order valence-electron chi connectivity index (χ2n) is 3.75. The summed E-state index contributed by atoms with van der Waals surface area (Å²) >= 11 is 0. The van der Waals surface area contributed by atoms with Gasteiger partial charge in [-0.3, -0.25) is 0 Å². The summed E-state index contributed by atoms with van der Waals surface area (Å²) in [6.07, 6.45) is 2.99. The van der Waals surface area contributed by atoms with Gasteiger partial charge in [-0.1, -0.05) is 0 Å². The van der Waals surface area contributed by atoms with Crippen LogP contribution in [0.15, 0.2) is 16.7 Å². The maximum Gasteiger partial charge on any atom is 0.129 e. The van der Waals surface area contributed by atoms with Crippen LogP contribution in [0.1, 0.15) is 17.7 Å². The summed E-state index contributed by atoms with van der Waals surface area (Å²) in [7, 11) is 1.92. The molecule has 4 nitrogen and oxygen atoms in total. The van der Waals surface area contributed by atoms with Crippen LogP contribution in [0.4, 0.5) is 0 Å². The molecule has 1 aromatic rings. The third-order valence-corrected chi connectivity index (χ3v) is 2.44. The van der Waals surface area contributed by atoms with Gasteiger partial charge in [0.1, 0.15) is 12.4 Å². The van der Waals surface area contributed by atoms with E-state index in [4.69, 9.17) is 13.9 Å².